The van der Waals surface area contributed by atoms with Crippen molar-refractivity contribution in [1.29, 1.82) is 0 Å². The molecule has 4 nitrogen and oxygen atoms in total. The number of nitrogens with one attached hydrogen (secondary N) is 2. The van der Waals surface area contributed by atoms with E-state index >= 15 is 0 Å². The number of hydrogen-bond acceptors (Lipinski definition) is 3. The second-order valence-electron chi connectivity index (χ2n) is 7.51. The van der Waals surface area contributed by atoms with E-state index in [0.717, 1.165) is 20.6 Å². The maximum absolute atomic E-state index is 13.2. The molecule has 2 N–H and O–H groups in total. The third kappa shape index (κ3) is 6.89. The van der Waals surface area contributed by atoms with Crippen LogP contribution in [-0.4, -0.2) is 11.8 Å². The van der Waals surface area contributed by atoms with Crippen LogP contribution in [0.4, 0.5) is 11.4 Å². The minimum atomic E-state index is -0.465. The Kier molecular flexibility index (Phi) is 8.52. The number of carbonyl (C=O) groups excluding carboxylic acids is 2. The Morgan fingerprint density at radius 1 is 0.771 bits per heavy atom. The van der Waals surface area contributed by atoms with Gasteiger partial charge in [-0.05, 0) is 72.3 Å². The minimum Gasteiger partial charge on any atom is -0.325 e. The lowest BCUT2D eigenvalue weighted by atomic mass is 10.1. The molecule has 0 aliphatic rings. The first-order valence-electron chi connectivity index (χ1n) is 10.5. The lowest BCUT2D eigenvalue weighted by molar-refractivity contribution is -0.115. The standard InChI is InChI=1S/C27H19BrCl2N2O2S/c28-18-6-9-20(10-7-18)32-27(34)25(17-4-2-1-3-5-17)35-22-13-11-21(12-14-22)31-26(33)23-15-8-19(29)16-24(23)30/h1-16,25H,(H,31,33)(H,32,34). The Labute approximate surface area is 226 Å². The Morgan fingerprint density at radius 3 is 2.06 bits per heavy atom. The summed E-state index contributed by atoms with van der Waals surface area (Å²) < 4.78 is 0.940. The van der Waals surface area contributed by atoms with Gasteiger partial charge in [0.15, 0.2) is 0 Å². The Balaban J connectivity index is 1.48. The predicted molar refractivity (Wildman–Crippen MR) is 149 cm³/mol. The molecule has 0 radical (unpaired) electrons. The summed E-state index contributed by atoms with van der Waals surface area (Å²) in [6.45, 7) is 0. The molecule has 0 aliphatic carbocycles. The molecule has 0 fully saturated rings. The lowest BCUT2D eigenvalue weighted by Crippen LogP contribution is -2.19. The summed E-state index contributed by atoms with van der Waals surface area (Å²) in [7, 11) is 0. The highest BCUT2D eigenvalue weighted by Crippen LogP contribution is 2.37. The molecule has 4 aromatic carbocycles. The van der Waals surface area contributed by atoms with E-state index in [0.29, 0.717) is 16.3 Å². The normalized spacial score (nSPS) is 11.5. The van der Waals surface area contributed by atoms with E-state index in [1.165, 1.54) is 17.8 Å². The highest BCUT2D eigenvalue weighted by Gasteiger charge is 2.22. The summed E-state index contributed by atoms with van der Waals surface area (Å²) in [6.07, 6.45) is 0. The number of anilines is 2. The van der Waals surface area contributed by atoms with Crippen molar-refractivity contribution in [3.8, 4) is 0 Å². The van der Waals surface area contributed by atoms with E-state index in [9.17, 15) is 9.59 Å². The zero-order chi connectivity index (χ0) is 24.8. The van der Waals surface area contributed by atoms with Gasteiger partial charge in [0.25, 0.3) is 5.91 Å². The molecule has 1 atom stereocenters. The second kappa shape index (κ2) is 11.8. The molecule has 2 amide bonds. The average Bonchev–Trinajstić information content (AvgIpc) is 2.85. The number of carbonyl (C=O) groups is 2. The van der Waals surface area contributed by atoms with Gasteiger partial charge in [0.05, 0.1) is 10.6 Å². The van der Waals surface area contributed by atoms with Gasteiger partial charge in [-0.1, -0.05) is 69.5 Å². The highest BCUT2D eigenvalue weighted by molar-refractivity contribution is 9.10. The number of rotatable bonds is 7. The molecular formula is C27H19BrCl2N2O2S. The Morgan fingerprint density at radius 2 is 1.40 bits per heavy atom. The zero-order valence-corrected chi connectivity index (χ0v) is 22.1. The third-order valence-corrected chi connectivity index (χ3v) is 7.34. The van der Waals surface area contributed by atoms with Crippen molar-refractivity contribution in [1.82, 2.24) is 0 Å². The number of benzene rings is 4. The van der Waals surface area contributed by atoms with Crippen LogP contribution >= 0.6 is 50.9 Å². The molecule has 0 saturated carbocycles. The molecular weight excluding hydrogens is 567 g/mol. The van der Waals surface area contributed by atoms with Gasteiger partial charge in [-0.15, -0.1) is 11.8 Å². The first-order valence-corrected chi connectivity index (χ1v) is 13.0. The van der Waals surface area contributed by atoms with Gasteiger partial charge in [0.2, 0.25) is 5.91 Å². The Bertz CT molecular complexity index is 1330. The molecule has 0 spiro atoms. The molecule has 1 unspecified atom stereocenters. The fourth-order valence-corrected chi connectivity index (χ4v) is 5.05. The minimum absolute atomic E-state index is 0.127. The van der Waals surface area contributed by atoms with E-state index in [2.05, 4.69) is 26.6 Å². The second-order valence-corrected chi connectivity index (χ2v) is 10.4. The van der Waals surface area contributed by atoms with Gasteiger partial charge in [-0.2, -0.15) is 0 Å². The van der Waals surface area contributed by atoms with E-state index in [1.807, 2.05) is 66.7 Å². The van der Waals surface area contributed by atoms with E-state index < -0.39 is 5.25 Å². The molecule has 176 valence electrons. The molecule has 0 aromatic heterocycles. The largest absolute Gasteiger partial charge is 0.325 e. The number of halogens is 3. The van der Waals surface area contributed by atoms with E-state index in [1.54, 1.807) is 24.3 Å². The summed E-state index contributed by atoms with van der Waals surface area (Å²) in [6, 6.07) is 29.1. The molecule has 8 heteroatoms. The molecule has 4 aromatic rings. The van der Waals surface area contributed by atoms with E-state index in [-0.39, 0.29) is 16.8 Å². The summed E-state index contributed by atoms with van der Waals surface area (Å²) >= 11 is 16.9. The van der Waals surface area contributed by atoms with Crippen LogP contribution in [0.1, 0.15) is 21.2 Å². The van der Waals surface area contributed by atoms with E-state index in [4.69, 9.17) is 23.2 Å². The van der Waals surface area contributed by atoms with Gasteiger partial charge in [0.1, 0.15) is 5.25 Å². The van der Waals surface area contributed by atoms with Crippen LogP contribution in [-0.2, 0) is 4.79 Å². The SMILES string of the molecule is O=C(Nc1ccc(SC(C(=O)Nc2ccc(Br)cc2)c2ccccc2)cc1)c1ccc(Cl)cc1Cl. The Hall–Kier alpha value is -2.77. The third-order valence-electron chi connectivity index (χ3n) is 4.99. The summed E-state index contributed by atoms with van der Waals surface area (Å²) in [4.78, 5) is 26.7. The van der Waals surface area contributed by atoms with Crippen LogP contribution in [0.5, 0.6) is 0 Å². The zero-order valence-electron chi connectivity index (χ0n) is 18.2. The van der Waals surface area contributed by atoms with Crippen molar-refractivity contribution in [2.45, 2.75) is 10.1 Å². The maximum atomic E-state index is 13.2. The van der Waals surface area contributed by atoms with Gasteiger partial charge in [0, 0.05) is 25.8 Å². The van der Waals surface area contributed by atoms with Crippen LogP contribution in [0.25, 0.3) is 0 Å². The number of amides is 2. The lowest BCUT2D eigenvalue weighted by Gasteiger charge is -2.17. The van der Waals surface area contributed by atoms with Crippen molar-refractivity contribution < 1.29 is 9.59 Å². The monoisotopic (exact) mass is 584 g/mol. The number of thioether (sulfide) groups is 1. The fraction of sp³-hybridized carbons (Fsp3) is 0.0370. The van der Waals surface area contributed by atoms with Crippen LogP contribution in [0, 0.1) is 0 Å². The predicted octanol–water partition coefficient (Wildman–Crippen LogP) is 8.48. The molecule has 35 heavy (non-hydrogen) atoms. The van der Waals surface area contributed by atoms with Crippen LogP contribution in [0.15, 0.2) is 106 Å². The molecule has 0 aliphatic heterocycles. The maximum Gasteiger partial charge on any atom is 0.257 e. The van der Waals surface area contributed by atoms with Gasteiger partial charge >= 0.3 is 0 Å². The average molecular weight is 586 g/mol. The van der Waals surface area contributed by atoms with Crippen molar-refractivity contribution >= 4 is 74.1 Å². The highest BCUT2D eigenvalue weighted by atomic mass is 79.9. The summed E-state index contributed by atoms with van der Waals surface area (Å²) in [5, 5.41) is 6.11. The number of hydrogen-bond donors (Lipinski definition) is 2. The van der Waals surface area contributed by atoms with Crippen LogP contribution in [0.2, 0.25) is 10.0 Å². The fourth-order valence-electron chi connectivity index (χ4n) is 3.27. The molecule has 0 heterocycles. The quantitative estimate of drug-likeness (QED) is 0.214. The van der Waals surface area contributed by atoms with Crippen molar-refractivity contribution in [2.24, 2.45) is 0 Å². The van der Waals surface area contributed by atoms with Crippen molar-refractivity contribution in [3.63, 3.8) is 0 Å². The summed E-state index contributed by atoms with van der Waals surface area (Å²) in [5.74, 6) is -0.457. The van der Waals surface area contributed by atoms with Crippen LogP contribution in [0.3, 0.4) is 0 Å². The molecule has 0 saturated heterocycles. The topological polar surface area (TPSA) is 58.2 Å². The van der Waals surface area contributed by atoms with Crippen molar-refractivity contribution in [3.05, 3.63) is 123 Å². The molecule has 0 bridgehead atoms. The first-order chi connectivity index (χ1) is 16.9. The van der Waals surface area contributed by atoms with Crippen molar-refractivity contribution in [2.75, 3.05) is 10.6 Å². The van der Waals surface area contributed by atoms with Gasteiger partial charge < -0.3 is 10.6 Å². The van der Waals surface area contributed by atoms with Gasteiger partial charge in [-0.25, -0.2) is 0 Å². The first kappa shape index (κ1) is 25.3. The van der Waals surface area contributed by atoms with Gasteiger partial charge in [-0.3, -0.25) is 9.59 Å². The summed E-state index contributed by atoms with van der Waals surface area (Å²) in [5.41, 5.74) is 2.56. The smallest absolute Gasteiger partial charge is 0.257 e. The van der Waals surface area contributed by atoms with Crippen LogP contribution < -0.4 is 10.6 Å². The molecule has 4 rings (SSSR count).